The molecule has 0 bridgehead atoms. The highest BCUT2D eigenvalue weighted by atomic mass is 32.2. The summed E-state index contributed by atoms with van der Waals surface area (Å²) in [6.45, 7) is 1.88. The lowest BCUT2D eigenvalue weighted by Gasteiger charge is -2.03. The van der Waals surface area contributed by atoms with E-state index in [0.29, 0.717) is 5.69 Å². The molecule has 0 radical (unpaired) electrons. The van der Waals surface area contributed by atoms with E-state index in [-0.39, 0.29) is 5.84 Å². The van der Waals surface area contributed by atoms with E-state index in [4.69, 9.17) is 10.9 Å². The first-order valence-electron chi connectivity index (χ1n) is 4.61. The van der Waals surface area contributed by atoms with E-state index >= 15 is 0 Å². The SMILES string of the molecule is Cc1nnc(Sc2cccnc2/C(N)=N/O)s1. The van der Waals surface area contributed by atoms with Gasteiger partial charge in [-0.1, -0.05) is 28.3 Å². The molecule has 0 fully saturated rings. The van der Waals surface area contributed by atoms with Gasteiger partial charge in [-0.3, -0.25) is 4.98 Å². The fourth-order valence-electron chi connectivity index (χ4n) is 1.13. The number of aryl methyl sites for hydroxylation is 1. The van der Waals surface area contributed by atoms with E-state index in [9.17, 15) is 0 Å². The van der Waals surface area contributed by atoms with E-state index in [1.54, 1.807) is 12.3 Å². The van der Waals surface area contributed by atoms with Crippen molar-refractivity contribution in [2.45, 2.75) is 16.2 Å². The molecule has 0 saturated carbocycles. The van der Waals surface area contributed by atoms with Gasteiger partial charge < -0.3 is 10.9 Å². The van der Waals surface area contributed by atoms with Crippen LogP contribution in [0.2, 0.25) is 0 Å². The summed E-state index contributed by atoms with van der Waals surface area (Å²) < 4.78 is 0.794. The summed E-state index contributed by atoms with van der Waals surface area (Å²) in [5.74, 6) is -0.0191. The van der Waals surface area contributed by atoms with Crippen molar-refractivity contribution in [3.8, 4) is 0 Å². The molecule has 0 amide bonds. The van der Waals surface area contributed by atoms with Crippen molar-refractivity contribution in [3.63, 3.8) is 0 Å². The number of oxime groups is 1. The minimum absolute atomic E-state index is 0.0191. The Kier molecular flexibility index (Phi) is 3.55. The second-order valence-corrected chi connectivity index (χ2v) is 5.50. The van der Waals surface area contributed by atoms with Gasteiger partial charge in [-0.05, 0) is 19.1 Å². The number of amidine groups is 1. The molecular formula is C9H9N5OS2. The second kappa shape index (κ2) is 5.11. The Bertz CT molecular complexity index is 554. The van der Waals surface area contributed by atoms with Gasteiger partial charge in [0.2, 0.25) is 0 Å². The van der Waals surface area contributed by atoms with E-state index in [1.807, 2.05) is 13.0 Å². The van der Waals surface area contributed by atoms with Crippen LogP contribution in [0.25, 0.3) is 0 Å². The van der Waals surface area contributed by atoms with Gasteiger partial charge in [-0.2, -0.15) is 0 Å². The number of hydrogen-bond acceptors (Lipinski definition) is 7. The lowest BCUT2D eigenvalue weighted by atomic mass is 10.3. The average molecular weight is 267 g/mol. The predicted molar refractivity (Wildman–Crippen MR) is 65.5 cm³/mol. The zero-order chi connectivity index (χ0) is 12.3. The van der Waals surface area contributed by atoms with Crippen LogP contribution in [-0.2, 0) is 0 Å². The van der Waals surface area contributed by atoms with Gasteiger partial charge in [-0.25, -0.2) is 0 Å². The number of pyridine rings is 1. The Labute approximate surface area is 106 Å². The molecule has 2 heterocycles. The maximum Gasteiger partial charge on any atom is 0.189 e. The Morgan fingerprint density at radius 3 is 3.00 bits per heavy atom. The van der Waals surface area contributed by atoms with E-state index in [2.05, 4.69) is 20.3 Å². The summed E-state index contributed by atoms with van der Waals surface area (Å²) >= 11 is 2.87. The van der Waals surface area contributed by atoms with E-state index in [1.165, 1.54) is 23.1 Å². The standard InChI is InChI=1S/C9H9N5OS2/c1-5-12-13-9(16-5)17-6-3-2-4-11-7(6)8(10)14-15/h2-4,15H,1H3,(H2,10,14). The third-order valence-electron chi connectivity index (χ3n) is 1.83. The van der Waals surface area contributed by atoms with Crippen molar-refractivity contribution < 1.29 is 5.21 Å². The zero-order valence-corrected chi connectivity index (χ0v) is 10.5. The maximum atomic E-state index is 8.67. The summed E-state index contributed by atoms with van der Waals surface area (Å²) in [5, 5.41) is 20.4. The second-order valence-electron chi connectivity index (χ2n) is 3.02. The number of nitrogens with zero attached hydrogens (tertiary/aromatic N) is 4. The molecule has 0 saturated heterocycles. The van der Waals surface area contributed by atoms with Gasteiger partial charge in [0, 0.05) is 11.1 Å². The molecular weight excluding hydrogens is 258 g/mol. The third kappa shape index (κ3) is 2.71. The molecule has 8 heteroatoms. The lowest BCUT2D eigenvalue weighted by Crippen LogP contribution is -2.15. The highest BCUT2D eigenvalue weighted by Crippen LogP contribution is 2.31. The highest BCUT2D eigenvalue weighted by Gasteiger charge is 2.11. The molecule has 0 aliphatic carbocycles. The van der Waals surface area contributed by atoms with Crippen molar-refractivity contribution in [1.82, 2.24) is 15.2 Å². The van der Waals surface area contributed by atoms with Crippen LogP contribution in [0.3, 0.4) is 0 Å². The molecule has 0 aliphatic rings. The first kappa shape index (κ1) is 11.8. The Balaban J connectivity index is 2.32. The molecule has 0 atom stereocenters. The monoisotopic (exact) mass is 267 g/mol. The van der Waals surface area contributed by atoms with Crippen LogP contribution < -0.4 is 5.73 Å². The quantitative estimate of drug-likeness (QED) is 0.378. The molecule has 0 unspecified atom stereocenters. The van der Waals surface area contributed by atoms with Gasteiger partial charge in [0.25, 0.3) is 0 Å². The van der Waals surface area contributed by atoms with Crippen molar-refractivity contribution in [3.05, 3.63) is 29.0 Å². The van der Waals surface area contributed by atoms with Crippen LogP contribution in [0.15, 0.2) is 32.7 Å². The van der Waals surface area contributed by atoms with Gasteiger partial charge >= 0.3 is 0 Å². The van der Waals surface area contributed by atoms with Crippen molar-refractivity contribution in [2.75, 3.05) is 0 Å². The summed E-state index contributed by atoms with van der Waals surface area (Å²) in [4.78, 5) is 4.85. The Morgan fingerprint density at radius 2 is 2.35 bits per heavy atom. The summed E-state index contributed by atoms with van der Waals surface area (Å²) in [7, 11) is 0. The number of hydrogen-bond donors (Lipinski definition) is 2. The Morgan fingerprint density at radius 1 is 1.53 bits per heavy atom. The fourth-order valence-corrected chi connectivity index (χ4v) is 3.01. The smallest absolute Gasteiger partial charge is 0.189 e. The van der Waals surface area contributed by atoms with Gasteiger partial charge in [0.1, 0.15) is 10.7 Å². The van der Waals surface area contributed by atoms with Crippen LogP contribution in [0.5, 0.6) is 0 Å². The first-order chi connectivity index (χ1) is 8.20. The minimum atomic E-state index is -0.0191. The highest BCUT2D eigenvalue weighted by molar-refractivity contribution is 8.01. The predicted octanol–water partition coefficient (Wildman–Crippen LogP) is 1.49. The normalized spacial score (nSPS) is 11.7. The zero-order valence-electron chi connectivity index (χ0n) is 8.86. The van der Waals surface area contributed by atoms with Gasteiger partial charge in [-0.15, -0.1) is 10.2 Å². The third-order valence-corrected chi connectivity index (χ3v) is 3.76. The molecule has 0 aliphatic heterocycles. The number of aromatic nitrogens is 3. The van der Waals surface area contributed by atoms with Gasteiger partial charge in [0.15, 0.2) is 10.2 Å². The topological polar surface area (TPSA) is 97.3 Å². The van der Waals surface area contributed by atoms with Crippen LogP contribution in [0.1, 0.15) is 10.7 Å². The molecule has 0 aromatic carbocycles. The van der Waals surface area contributed by atoms with E-state index < -0.39 is 0 Å². The number of nitrogens with two attached hydrogens (primary N) is 1. The summed E-state index contributed by atoms with van der Waals surface area (Å²) in [5.41, 5.74) is 5.98. The summed E-state index contributed by atoms with van der Waals surface area (Å²) in [6.07, 6.45) is 1.59. The van der Waals surface area contributed by atoms with Crippen molar-refractivity contribution in [2.24, 2.45) is 10.9 Å². The van der Waals surface area contributed by atoms with Crippen LogP contribution >= 0.6 is 23.1 Å². The molecule has 3 N–H and O–H groups in total. The molecule has 6 nitrogen and oxygen atoms in total. The molecule has 2 rings (SSSR count). The molecule has 2 aromatic heterocycles. The number of rotatable bonds is 3. The summed E-state index contributed by atoms with van der Waals surface area (Å²) in [6, 6.07) is 3.62. The van der Waals surface area contributed by atoms with Crippen LogP contribution in [-0.4, -0.2) is 26.2 Å². The molecule has 17 heavy (non-hydrogen) atoms. The van der Waals surface area contributed by atoms with E-state index in [0.717, 1.165) is 14.2 Å². The van der Waals surface area contributed by atoms with Crippen LogP contribution in [0.4, 0.5) is 0 Å². The lowest BCUT2D eigenvalue weighted by molar-refractivity contribution is 0.318. The Hall–Kier alpha value is -1.67. The van der Waals surface area contributed by atoms with Crippen molar-refractivity contribution >= 4 is 28.9 Å². The maximum absolute atomic E-state index is 8.67. The minimum Gasteiger partial charge on any atom is -0.409 e. The van der Waals surface area contributed by atoms with Crippen molar-refractivity contribution in [1.29, 1.82) is 0 Å². The average Bonchev–Trinajstić information content (AvgIpc) is 2.74. The molecule has 88 valence electrons. The molecule has 2 aromatic rings. The largest absolute Gasteiger partial charge is 0.409 e. The van der Waals surface area contributed by atoms with Crippen LogP contribution in [0, 0.1) is 6.92 Å². The fraction of sp³-hybridized carbons (Fsp3) is 0.111. The van der Waals surface area contributed by atoms with Gasteiger partial charge in [0.05, 0.1) is 0 Å². The molecule has 0 spiro atoms. The first-order valence-corrected chi connectivity index (χ1v) is 6.25.